The Morgan fingerprint density at radius 2 is 1.85 bits per heavy atom. The fraction of sp³-hybridized carbons (Fsp3) is 0.625. The molecular formula is C16H26N4. The summed E-state index contributed by atoms with van der Waals surface area (Å²) in [6, 6.07) is 3.97. The molecule has 0 radical (unpaired) electrons. The molecule has 0 bridgehead atoms. The average molecular weight is 274 g/mol. The summed E-state index contributed by atoms with van der Waals surface area (Å²) < 4.78 is 2.05. The van der Waals surface area contributed by atoms with E-state index in [1.807, 2.05) is 23.6 Å². The van der Waals surface area contributed by atoms with Crippen molar-refractivity contribution in [1.82, 2.24) is 14.5 Å². The average Bonchev–Trinajstić information content (AvgIpc) is 2.69. The highest BCUT2D eigenvalue weighted by Gasteiger charge is 2.09. The van der Waals surface area contributed by atoms with Gasteiger partial charge >= 0.3 is 0 Å². The van der Waals surface area contributed by atoms with Crippen LogP contribution in [-0.2, 0) is 6.54 Å². The molecule has 0 spiro atoms. The van der Waals surface area contributed by atoms with Gasteiger partial charge in [0.1, 0.15) is 5.52 Å². The summed E-state index contributed by atoms with van der Waals surface area (Å²) in [5.74, 6) is 1.40. The number of aryl methyl sites for hydroxylation is 2. The van der Waals surface area contributed by atoms with Gasteiger partial charge in [-0.05, 0) is 31.4 Å². The van der Waals surface area contributed by atoms with E-state index in [1.165, 1.54) is 25.7 Å². The van der Waals surface area contributed by atoms with Gasteiger partial charge in [0.05, 0.1) is 0 Å². The molecule has 2 rings (SSSR count). The van der Waals surface area contributed by atoms with E-state index >= 15 is 0 Å². The Morgan fingerprint density at radius 1 is 1.10 bits per heavy atom. The number of hydrogen-bond donors (Lipinski definition) is 1. The number of aromatic nitrogens is 3. The van der Waals surface area contributed by atoms with Crippen molar-refractivity contribution in [3.8, 4) is 0 Å². The van der Waals surface area contributed by atoms with Crippen molar-refractivity contribution in [2.24, 2.45) is 5.92 Å². The molecule has 0 saturated carbocycles. The normalized spacial score (nSPS) is 11.6. The maximum atomic E-state index is 6.00. The van der Waals surface area contributed by atoms with Crippen LogP contribution in [0.4, 0.5) is 5.95 Å². The predicted octanol–water partition coefficient (Wildman–Crippen LogP) is 3.93. The fourth-order valence-corrected chi connectivity index (χ4v) is 2.51. The minimum absolute atomic E-state index is 0.584. The molecule has 0 aliphatic heterocycles. The van der Waals surface area contributed by atoms with E-state index in [0.29, 0.717) is 5.95 Å². The number of nitrogen functional groups attached to an aromatic ring is 1. The lowest BCUT2D eigenvalue weighted by Gasteiger charge is -2.07. The van der Waals surface area contributed by atoms with Gasteiger partial charge in [0, 0.05) is 12.2 Å². The van der Waals surface area contributed by atoms with Crippen LogP contribution in [0.2, 0.25) is 0 Å². The van der Waals surface area contributed by atoms with Crippen LogP contribution in [-0.4, -0.2) is 14.5 Å². The van der Waals surface area contributed by atoms with E-state index in [4.69, 9.17) is 5.73 Å². The van der Waals surface area contributed by atoms with Gasteiger partial charge < -0.3 is 5.73 Å². The third-order valence-electron chi connectivity index (χ3n) is 3.67. The molecule has 2 aromatic heterocycles. The Kier molecular flexibility index (Phi) is 4.99. The van der Waals surface area contributed by atoms with E-state index in [9.17, 15) is 0 Å². The van der Waals surface area contributed by atoms with Crippen molar-refractivity contribution >= 4 is 17.1 Å². The standard InChI is InChI=1S/C16H26N4/c1-12(2)8-6-4-5-7-11-20-15-14(19-16(20)17)10-9-13(3)18-15/h9-10,12H,4-8,11H2,1-3H3,(H2,17,19). The van der Waals surface area contributed by atoms with Crippen LogP contribution >= 0.6 is 0 Å². The first-order chi connectivity index (χ1) is 9.58. The second-order valence-electron chi connectivity index (χ2n) is 6.01. The molecule has 0 atom stereocenters. The van der Waals surface area contributed by atoms with E-state index in [1.54, 1.807) is 0 Å². The molecule has 0 aliphatic carbocycles. The number of nitrogens with zero attached hydrogens (tertiary/aromatic N) is 3. The molecule has 2 aromatic rings. The second kappa shape index (κ2) is 6.73. The third kappa shape index (κ3) is 3.71. The number of imidazole rings is 1. The summed E-state index contributed by atoms with van der Waals surface area (Å²) in [4.78, 5) is 8.93. The van der Waals surface area contributed by atoms with Crippen LogP contribution < -0.4 is 5.73 Å². The number of hydrogen-bond acceptors (Lipinski definition) is 3. The van der Waals surface area contributed by atoms with Gasteiger partial charge in [-0.15, -0.1) is 0 Å². The molecule has 0 fully saturated rings. The van der Waals surface area contributed by atoms with E-state index < -0.39 is 0 Å². The van der Waals surface area contributed by atoms with Crippen molar-refractivity contribution in [1.29, 1.82) is 0 Å². The van der Waals surface area contributed by atoms with Crippen LogP contribution in [0.15, 0.2) is 12.1 Å². The van der Waals surface area contributed by atoms with Gasteiger partial charge in [-0.1, -0.05) is 39.5 Å². The van der Waals surface area contributed by atoms with Gasteiger partial charge in [0.25, 0.3) is 0 Å². The zero-order valence-corrected chi connectivity index (χ0v) is 12.9. The Morgan fingerprint density at radius 3 is 2.60 bits per heavy atom. The van der Waals surface area contributed by atoms with Gasteiger partial charge in [0.15, 0.2) is 5.65 Å². The number of unbranched alkanes of at least 4 members (excludes halogenated alkanes) is 3. The lowest BCUT2D eigenvalue weighted by atomic mass is 10.0. The largest absolute Gasteiger partial charge is 0.369 e. The van der Waals surface area contributed by atoms with Gasteiger partial charge in [0.2, 0.25) is 5.95 Å². The molecule has 4 nitrogen and oxygen atoms in total. The zero-order chi connectivity index (χ0) is 14.5. The molecule has 110 valence electrons. The SMILES string of the molecule is Cc1ccc2nc(N)n(CCCCCCC(C)C)c2n1. The highest BCUT2D eigenvalue weighted by Crippen LogP contribution is 2.18. The zero-order valence-electron chi connectivity index (χ0n) is 12.9. The summed E-state index contributed by atoms with van der Waals surface area (Å²) >= 11 is 0. The van der Waals surface area contributed by atoms with Crippen LogP contribution in [0.1, 0.15) is 51.6 Å². The highest BCUT2D eigenvalue weighted by atomic mass is 15.2. The maximum absolute atomic E-state index is 6.00. The van der Waals surface area contributed by atoms with Crippen LogP contribution in [0.5, 0.6) is 0 Å². The monoisotopic (exact) mass is 274 g/mol. The van der Waals surface area contributed by atoms with E-state index in [-0.39, 0.29) is 0 Å². The number of nitrogens with two attached hydrogens (primary N) is 1. The molecule has 0 amide bonds. The van der Waals surface area contributed by atoms with Gasteiger partial charge in [-0.25, -0.2) is 9.97 Å². The van der Waals surface area contributed by atoms with Crippen molar-refractivity contribution in [2.75, 3.05) is 5.73 Å². The first kappa shape index (κ1) is 14.8. The van der Waals surface area contributed by atoms with E-state index in [2.05, 4.69) is 23.8 Å². The lowest BCUT2D eigenvalue weighted by Crippen LogP contribution is -2.04. The second-order valence-corrected chi connectivity index (χ2v) is 6.01. The fourth-order valence-electron chi connectivity index (χ4n) is 2.51. The number of anilines is 1. The first-order valence-corrected chi connectivity index (χ1v) is 7.67. The van der Waals surface area contributed by atoms with Crippen molar-refractivity contribution < 1.29 is 0 Å². The lowest BCUT2D eigenvalue weighted by molar-refractivity contribution is 0.508. The van der Waals surface area contributed by atoms with Crippen LogP contribution in [0, 0.1) is 12.8 Å². The third-order valence-corrected chi connectivity index (χ3v) is 3.67. The Bertz CT molecular complexity index is 557. The molecule has 0 aliphatic rings. The summed E-state index contributed by atoms with van der Waals surface area (Å²) in [5, 5.41) is 0. The summed E-state index contributed by atoms with van der Waals surface area (Å²) in [6.45, 7) is 7.48. The van der Waals surface area contributed by atoms with Gasteiger partial charge in [-0.3, -0.25) is 4.57 Å². The van der Waals surface area contributed by atoms with Gasteiger partial charge in [-0.2, -0.15) is 0 Å². The molecule has 2 N–H and O–H groups in total. The van der Waals surface area contributed by atoms with Crippen LogP contribution in [0.25, 0.3) is 11.2 Å². The predicted molar refractivity (Wildman–Crippen MR) is 84.6 cm³/mol. The Balaban J connectivity index is 1.89. The maximum Gasteiger partial charge on any atom is 0.202 e. The Labute approximate surface area is 121 Å². The molecule has 4 heteroatoms. The van der Waals surface area contributed by atoms with Crippen LogP contribution in [0.3, 0.4) is 0 Å². The molecule has 2 heterocycles. The number of pyridine rings is 1. The molecule has 0 saturated heterocycles. The first-order valence-electron chi connectivity index (χ1n) is 7.67. The smallest absolute Gasteiger partial charge is 0.202 e. The van der Waals surface area contributed by atoms with E-state index in [0.717, 1.165) is 35.7 Å². The topological polar surface area (TPSA) is 56.7 Å². The molecule has 0 unspecified atom stereocenters. The number of fused-ring (bicyclic) bond motifs is 1. The molecular weight excluding hydrogens is 248 g/mol. The summed E-state index contributed by atoms with van der Waals surface area (Å²) in [7, 11) is 0. The minimum atomic E-state index is 0.584. The molecule has 20 heavy (non-hydrogen) atoms. The highest BCUT2D eigenvalue weighted by molar-refractivity contribution is 5.74. The minimum Gasteiger partial charge on any atom is -0.369 e. The Hall–Kier alpha value is -1.58. The van der Waals surface area contributed by atoms with Crippen molar-refractivity contribution in [3.63, 3.8) is 0 Å². The summed E-state index contributed by atoms with van der Waals surface area (Å²) in [6.07, 6.45) is 6.35. The van der Waals surface area contributed by atoms with Crippen molar-refractivity contribution in [3.05, 3.63) is 17.8 Å². The van der Waals surface area contributed by atoms with Crippen molar-refractivity contribution in [2.45, 2.75) is 59.4 Å². The summed E-state index contributed by atoms with van der Waals surface area (Å²) in [5.41, 5.74) is 8.82. The molecule has 0 aromatic carbocycles. The number of rotatable bonds is 7. The quantitative estimate of drug-likeness (QED) is 0.778.